The molecule has 3 aromatic rings. The molecule has 45 heavy (non-hydrogen) atoms. The Kier molecular flexibility index (Phi) is 12.2. The van der Waals surface area contributed by atoms with Crippen LogP contribution in [0.1, 0.15) is 60.7 Å². The third-order valence-electron chi connectivity index (χ3n) is 7.94. The zero-order chi connectivity index (χ0) is 32.6. The van der Waals surface area contributed by atoms with Gasteiger partial charge in [0.05, 0.1) is 30.4 Å². The van der Waals surface area contributed by atoms with E-state index in [1.807, 2.05) is 19.9 Å². The lowest BCUT2D eigenvalue weighted by Crippen LogP contribution is -2.48. The van der Waals surface area contributed by atoms with Gasteiger partial charge < -0.3 is 24.8 Å². The Bertz CT molecular complexity index is 1520. The van der Waals surface area contributed by atoms with Crippen LogP contribution in [-0.2, 0) is 14.8 Å². The van der Waals surface area contributed by atoms with Crippen LogP contribution in [0.3, 0.4) is 0 Å². The van der Waals surface area contributed by atoms with Gasteiger partial charge in [0.1, 0.15) is 9.96 Å². The Hall–Kier alpha value is -3.29. The van der Waals surface area contributed by atoms with Crippen LogP contribution in [0.15, 0.2) is 70.3 Å². The third-order valence-corrected chi connectivity index (χ3v) is 11.1. The third kappa shape index (κ3) is 8.92. The fraction of sp³-hybridized carbons (Fsp3) is 0.455. The van der Waals surface area contributed by atoms with E-state index in [0.717, 1.165) is 24.2 Å². The van der Waals surface area contributed by atoms with Gasteiger partial charge >= 0.3 is 0 Å². The molecule has 244 valence electrons. The molecule has 1 aromatic heterocycles. The second-order valence-electron chi connectivity index (χ2n) is 11.5. The van der Waals surface area contributed by atoms with E-state index in [0.29, 0.717) is 30.0 Å². The van der Waals surface area contributed by atoms with Crippen LogP contribution in [-0.4, -0.2) is 86.1 Å². The minimum Gasteiger partial charge on any atom is -0.490 e. The normalized spacial score (nSPS) is 21.0. The topological polar surface area (TPSA) is 125 Å². The number of carbonyl (C=O) groups is 2. The highest BCUT2D eigenvalue weighted by Crippen LogP contribution is 2.29. The van der Waals surface area contributed by atoms with E-state index in [-0.39, 0.29) is 53.3 Å². The number of nitrogens with zero attached hydrogens (tertiary/aromatic N) is 2. The van der Waals surface area contributed by atoms with Gasteiger partial charge in [0.25, 0.3) is 21.8 Å². The zero-order valence-corrected chi connectivity index (χ0v) is 27.9. The number of aliphatic hydroxyl groups excluding tert-OH is 1. The highest BCUT2D eigenvalue weighted by atomic mass is 32.2. The first-order valence-electron chi connectivity index (χ1n) is 15.2. The maximum atomic E-state index is 14.3. The van der Waals surface area contributed by atoms with E-state index in [1.54, 1.807) is 71.8 Å². The molecule has 2 aromatic carbocycles. The molecular weight excluding hydrogens is 615 g/mol. The first-order valence-corrected chi connectivity index (χ1v) is 17.5. The predicted octanol–water partition coefficient (Wildman–Crippen LogP) is 5.12. The van der Waals surface area contributed by atoms with Crippen molar-refractivity contribution in [2.24, 2.45) is 5.92 Å². The van der Waals surface area contributed by atoms with Gasteiger partial charge in [0, 0.05) is 43.9 Å². The predicted molar refractivity (Wildman–Crippen MR) is 175 cm³/mol. The lowest BCUT2D eigenvalue weighted by atomic mass is 10.0. The van der Waals surface area contributed by atoms with Gasteiger partial charge in [-0.2, -0.15) is 4.31 Å². The number of amides is 2. The number of anilines is 1. The molecular formula is C33H43N3O7S2. The van der Waals surface area contributed by atoms with Gasteiger partial charge in [-0.3, -0.25) is 9.59 Å². The zero-order valence-electron chi connectivity index (χ0n) is 26.2. The maximum Gasteiger partial charge on any atom is 0.258 e. The number of hydrogen-bond acceptors (Lipinski definition) is 8. The highest BCUT2D eigenvalue weighted by Gasteiger charge is 2.32. The maximum absolute atomic E-state index is 14.3. The number of ether oxygens (including phenoxy) is 2. The molecule has 0 aliphatic carbocycles. The number of hydrogen-bond donors (Lipinski definition) is 2. The van der Waals surface area contributed by atoms with Crippen LogP contribution in [0.2, 0.25) is 0 Å². The van der Waals surface area contributed by atoms with Crippen molar-refractivity contribution < 1.29 is 32.6 Å². The van der Waals surface area contributed by atoms with E-state index in [2.05, 4.69) is 5.32 Å². The van der Waals surface area contributed by atoms with Crippen molar-refractivity contribution in [3.63, 3.8) is 0 Å². The van der Waals surface area contributed by atoms with Crippen molar-refractivity contribution >= 4 is 38.9 Å². The number of fused-ring (bicyclic) bond motifs is 1. The van der Waals surface area contributed by atoms with Crippen molar-refractivity contribution in [2.45, 2.75) is 62.5 Å². The summed E-state index contributed by atoms with van der Waals surface area (Å²) in [5.74, 6) is -0.596. The van der Waals surface area contributed by atoms with Crippen molar-refractivity contribution in [3.8, 4) is 5.75 Å². The van der Waals surface area contributed by atoms with Gasteiger partial charge in [0.2, 0.25) is 0 Å². The lowest BCUT2D eigenvalue weighted by Gasteiger charge is -2.35. The van der Waals surface area contributed by atoms with Crippen LogP contribution in [0.25, 0.3) is 0 Å². The highest BCUT2D eigenvalue weighted by molar-refractivity contribution is 7.91. The summed E-state index contributed by atoms with van der Waals surface area (Å²) in [5, 5.41) is 14.8. The van der Waals surface area contributed by atoms with Gasteiger partial charge in [-0.25, -0.2) is 8.42 Å². The van der Waals surface area contributed by atoms with E-state index >= 15 is 0 Å². The molecule has 1 aliphatic heterocycles. The molecule has 12 heteroatoms. The largest absolute Gasteiger partial charge is 0.490 e. The van der Waals surface area contributed by atoms with E-state index < -0.39 is 22.2 Å². The average Bonchev–Trinajstić information content (AvgIpc) is 3.59. The van der Waals surface area contributed by atoms with E-state index in [1.165, 1.54) is 11.4 Å². The van der Waals surface area contributed by atoms with E-state index in [4.69, 9.17) is 9.47 Å². The Morgan fingerprint density at radius 1 is 1.13 bits per heavy atom. The Morgan fingerprint density at radius 3 is 2.58 bits per heavy atom. The first kappa shape index (κ1) is 34.6. The number of rotatable bonds is 8. The molecule has 2 heterocycles. The fourth-order valence-corrected chi connectivity index (χ4v) is 7.56. The Labute approximate surface area is 270 Å². The second-order valence-corrected chi connectivity index (χ2v) is 14.8. The van der Waals surface area contributed by atoms with Crippen molar-refractivity contribution in [1.82, 2.24) is 9.21 Å². The molecule has 10 nitrogen and oxygen atoms in total. The standard InChI is InChI=1S/C33H43N3O7S2/c1-23-20-36(24(2)22-37)33(39)28-19-27(34-32(38)26-12-6-5-7-13-26)15-16-29(28)43-25(3)11-8-9-17-42-30(23)21-35(4)45(40,41)31-14-10-18-44-31/h5-7,10,12-16,18-19,23-25,30,37H,8-9,11,17,20-22H2,1-4H3,(H,34,38)/t23-,24-,25-,30-/m1/s1. The lowest BCUT2D eigenvalue weighted by molar-refractivity contribution is -0.00832. The summed E-state index contributed by atoms with van der Waals surface area (Å²) in [6.45, 7) is 6.04. The summed E-state index contributed by atoms with van der Waals surface area (Å²) in [4.78, 5) is 28.7. The molecule has 0 saturated carbocycles. The van der Waals surface area contributed by atoms with Gasteiger partial charge in [0.15, 0.2) is 0 Å². The number of sulfonamides is 1. The van der Waals surface area contributed by atoms with Crippen LogP contribution >= 0.6 is 11.3 Å². The SMILES string of the molecule is C[C@@H]1CCCCO[C@H](CN(C)S(=O)(=O)c2cccs2)[C@H](C)CN([C@H](C)CO)C(=O)c2cc(NC(=O)c3ccccc3)ccc2O1. The van der Waals surface area contributed by atoms with Crippen LogP contribution in [0, 0.1) is 5.92 Å². The minimum atomic E-state index is -3.71. The fourth-order valence-electron chi connectivity index (χ4n) is 5.17. The Morgan fingerprint density at radius 2 is 1.89 bits per heavy atom. The molecule has 0 bridgehead atoms. The summed E-state index contributed by atoms with van der Waals surface area (Å²) >= 11 is 1.16. The van der Waals surface area contributed by atoms with Crippen molar-refractivity contribution in [3.05, 3.63) is 77.2 Å². The number of thiophene rings is 1. The Balaban J connectivity index is 1.65. The number of likely N-dealkylation sites (N-methyl/N-ethyl adjacent to an activating group) is 1. The minimum absolute atomic E-state index is 0.0999. The van der Waals surface area contributed by atoms with Crippen LogP contribution in [0.4, 0.5) is 5.69 Å². The van der Waals surface area contributed by atoms with E-state index in [9.17, 15) is 23.1 Å². The molecule has 2 amide bonds. The summed E-state index contributed by atoms with van der Waals surface area (Å²) in [6.07, 6.45) is 1.56. The molecule has 0 saturated heterocycles. The molecule has 1 aliphatic rings. The molecule has 0 unspecified atom stereocenters. The summed E-state index contributed by atoms with van der Waals surface area (Å²) in [6, 6.07) is 16.5. The van der Waals surface area contributed by atoms with Crippen LogP contribution < -0.4 is 10.1 Å². The van der Waals surface area contributed by atoms with Gasteiger partial charge in [-0.05, 0) is 74.9 Å². The molecule has 4 rings (SSSR count). The summed E-state index contributed by atoms with van der Waals surface area (Å²) in [5.41, 5.74) is 1.17. The second kappa shape index (κ2) is 15.8. The van der Waals surface area contributed by atoms with Crippen molar-refractivity contribution in [1.29, 1.82) is 0 Å². The average molecular weight is 658 g/mol. The number of aliphatic hydroxyl groups is 1. The number of benzene rings is 2. The number of carbonyl (C=O) groups excluding carboxylic acids is 2. The molecule has 0 radical (unpaired) electrons. The summed E-state index contributed by atoms with van der Waals surface area (Å²) in [7, 11) is -2.17. The molecule has 0 fully saturated rings. The van der Waals surface area contributed by atoms with Crippen molar-refractivity contribution in [2.75, 3.05) is 38.7 Å². The van der Waals surface area contributed by atoms with Crippen LogP contribution in [0.5, 0.6) is 5.75 Å². The smallest absolute Gasteiger partial charge is 0.258 e. The quantitative estimate of drug-likeness (QED) is 0.345. The summed E-state index contributed by atoms with van der Waals surface area (Å²) < 4.78 is 40.5. The first-order chi connectivity index (χ1) is 21.5. The van der Waals surface area contributed by atoms with Gasteiger partial charge in [-0.1, -0.05) is 31.2 Å². The number of nitrogens with one attached hydrogen (secondary N) is 1. The molecule has 2 N–H and O–H groups in total. The van der Waals surface area contributed by atoms with Gasteiger partial charge in [-0.15, -0.1) is 11.3 Å². The molecule has 4 atom stereocenters. The monoisotopic (exact) mass is 657 g/mol. The molecule has 0 spiro atoms.